The summed E-state index contributed by atoms with van der Waals surface area (Å²) in [6, 6.07) is 5.30. The van der Waals surface area contributed by atoms with Crippen LogP contribution < -0.4 is 4.74 Å². The maximum atomic E-state index is 13.2. The number of esters is 1. The van der Waals surface area contributed by atoms with E-state index in [-0.39, 0.29) is 21.9 Å². The fourth-order valence-corrected chi connectivity index (χ4v) is 1.87. The molecule has 2 nitrogen and oxygen atoms in total. The number of hydrogen-bond acceptors (Lipinski definition) is 2. The van der Waals surface area contributed by atoms with Gasteiger partial charge in [-0.2, -0.15) is 13.2 Å². The number of carbonyl (C=O) groups excluding carboxylic acids is 1. The van der Waals surface area contributed by atoms with E-state index in [1.54, 1.807) is 0 Å². The topological polar surface area (TPSA) is 26.3 Å². The Balaban J connectivity index is 2.29. The third kappa shape index (κ3) is 3.90. The number of benzene rings is 2. The van der Waals surface area contributed by atoms with Crippen molar-refractivity contribution in [1.82, 2.24) is 0 Å². The molecule has 0 radical (unpaired) electrons. The predicted molar refractivity (Wildman–Crippen MR) is 72.8 cm³/mol. The Morgan fingerprint density at radius 1 is 1.00 bits per heavy atom. The van der Waals surface area contributed by atoms with E-state index in [2.05, 4.69) is 0 Å². The fourth-order valence-electron chi connectivity index (χ4n) is 1.58. The molecule has 0 amide bonds. The van der Waals surface area contributed by atoms with Crippen LogP contribution in [0.4, 0.5) is 17.6 Å². The van der Waals surface area contributed by atoms with E-state index in [0.29, 0.717) is 12.1 Å². The normalized spacial score (nSPS) is 11.4. The zero-order valence-electron chi connectivity index (χ0n) is 10.5. The number of halogens is 6. The molecule has 0 spiro atoms. The summed E-state index contributed by atoms with van der Waals surface area (Å²) in [6.07, 6.45) is -4.78. The van der Waals surface area contributed by atoms with E-state index >= 15 is 0 Å². The van der Waals surface area contributed by atoms with Gasteiger partial charge in [0.25, 0.3) is 0 Å². The second-order valence-corrected chi connectivity index (χ2v) is 5.01. The van der Waals surface area contributed by atoms with Crippen LogP contribution in [0.5, 0.6) is 5.75 Å². The first-order chi connectivity index (χ1) is 10.2. The zero-order chi connectivity index (χ0) is 16.5. The molecule has 116 valence electrons. The lowest BCUT2D eigenvalue weighted by Crippen LogP contribution is -2.12. The van der Waals surface area contributed by atoms with Crippen LogP contribution in [0.15, 0.2) is 36.4 Å². The molecule has 2 aromatic rings. The fraction of sp³-hybridized carbons (Fsp3) is 0.0714. The molecule has 2 aromatic carbocycles. The van der Waals surface area contributed by atoms with E-state index in [0.717, 1.165) is 0 Å². The van der Waals surface area contributed by atoms with Crippen LogP contribution in [0, 0.1) is 5.82 Å². The highest BCUT2D eigenvalue weighted by Gasteiger charge is 2.32. The lowest BCUT2D eigenvalue weighted by atomic mass is 10.1. The third-order valence-corrected chi connectivity index (χ3v) is 3.30. The van der Waals surface area contributed by atoms with Crippen LogP contribution in [0.1, 0.15) is 15.9 Å². The molecule has 0 bridgehead atoms. The molecule has 0 aliphatic rings. The SMILES string of the molecule is O=C(Oc1ccc(Cl)c(Cl)c1)c1cc(F)cc(C(F)(F)F)c1. The highest BCUT2D eigenvalue weighted by Crippen LogP contribution is 2.31. The quantitative estimate of drug-likeness (QED) is 0.412. The number of hydrogen-bond donors (Lipinski definition) is 0. The average molecular weight is 353 g/mol. The zero-order valence-corrected chi connectivity index (χ0v) is 12.1. The van der Waals surface area contributed by atoms with Gasteiger partial charge in [0.05, 0.1) is 21.2 Å². The molecule has 22 heavy (non-hydrogen) atoms. The molecule has 0 fully saturated rings. The Kier molecular flexibility index (Phi) is 4.63. The van der Waals surface area contributed by atoms with Crippen LogP contribution in [-0.4, -0.2) is 5.97 Å². The van der Waals surface area contributed by atoms with Crippen LogP contribution in [0.2, 0.25) is 10.0 Å². The molecule has 0 unspecified atom stereocenters. The van der Waals surface area contributed by atoms with Crippen molar-refractivity contribution in [2.45, 2.75) is 6.18 Å². The molecule has 0 atom stereocenters. The van der Waals surface area contributed by atoms with Gasteiger partial charge in [0.2, 0.25) is 0 Å². The molecule has 0 N–H and O–H groups in total. The van der Waals surface area contributed by atoms with Crippen molar-refractivity contribution in [1.29, 1.82) is 0 Å². The van der Waals surface area contributed by atoms with Gasteiger partial charge >= 0.3 is 12.1 Å². The Morgan fingerprint density at radius 2 is 1.68 bits per heavy atom. The highest BCUT2D eigenvalue weighted by molar-refractivity contribution is 6.42. The van der Waals surface area contributed by atoms with Gasteiger partial charge < -0.3 is 4.74 Å². The minimum atomic E-state index is -4.78. The summed E-state index contributed by atoms with van der Waals surface area (Å²) < 4.78 is 55.8. The van der Waals surface area contributed by atoms with Gasteiger partial charge in [-0.25, -0.2) is 9.18 Å². The summed E-state index contributed by atoms with van der Waals surface area (Å²) in [4.78, 5) is 11.8. The Hall–Kier alpha value is -1.79. The Morgan fingerprint density at radius 3 is 2.27 bits per heavy atom. The Bertz CT molecular complexity index is 729. The number of rotatable bonds is 2. The molecule has 8 heteroatoms. The second-order valence-electron chi connectivity index (χ2n) is 4.19. The lowest BCUT2D eigenvalue weighted by molar-refractivity contribution is -0.137. The van der Waals surface area contributed by atoms with Gasteiger partial charge in [-0.3, -0.25) is 0 Å². The van der Waals surface area contributed by atoms with Crippen molar-refractivity contribution in [3.8, 4) is 5.75 Å². The third-order valence-electron chi connectivity index (χ3n) is 2.56. The van der Waals surface area contributed by atoms with Crippen molar-refractivity contribution in [2.24, 2.45) is 0 Å². The summed E-state index contributed by atoms with van der Waals surface area (Å²) in [5, 5.41) is 0.314. The number of ether oxygens (including phenoxy) is 1. The maximum Gasteiger partial charge on any atom is 0.416 e. The smallest absolute Gasteiger partial charge is 0.416 e. The summed E-state index contributed by atoms with van der Waals surface area (Å²) in [7, 11) is 0. The number of carbonyl (C=O) groups is 1. The van der Waals surface area contributed by atoms with E-state index in [9.17, 15) is 22.4 Å². The Labute approximate surface area is 132 Å². The maximum absolute atomic E-state index is 13.2. The minimum absolute atomic E-state index is 0.0304. The van der Waals surface area contributed by atoms with Crippen LogP contribution in [0.3, 0.4) is 0 Å². The lowest BCUT2D eigenvalue weighted by Gasteiger charge is -2.09. The molecule has 0 aliphatic carbocycles. The van der Waals surface area contributed by atoms with Crippen molar-refractivity contribution < 1.29 is 27.1 Å². The van der Waals surface area contributed by atoms with Crippen LogP contribution in [0.25, 0.3) is 0 Å². The monoisotopic (exact) mass is 352 g/mol. The molecular weight excluding hydrogens is 347 g/mol. The predicted octanol–water partition coefficient (Wildman–Crippen LogP) is 5.37. The molecular formula is C14H6Cl2F4O2. The molecule has 2 rings (SSSR count). The van der Waals surface area contributed by atoms with Gasteiger partial charge in [0.15, 0.2) is 0 Å². The minimum Gasteiger partial charge on any atom is -0.423 e. The van der Waals surface area contributed by atoms with E-state index in [1.165, 1.54) is 18.2 Å². The van der Waals surface area contributed by atoms with Gasteiger partial charge in [-0.1, -0.05) is 23.2 Å². The van der Waals surface area contributed by atoms with E-state index in [4.69, 9.17) is 27.9 Å². The highest BCUT2D eigenvalue weighted by atomic mass is 35.5. The van der Waals surface area contributed by atoms with E-state index < -0.39 is 29.1 Å². The van der Waals surface area contributed by atoms with Crippen LogP contribution >= 0.6 is 23.2 Å². The molecule has 0 heterocycles. The first kappa shape index (κ1) is 16.6. The first-order valence-electron chi connectivity index (χ1n) is 5.72. The van der Waals surface area contributed by atoms with Gasteiger partial charge in [-0.05, 0) is 30.3 Å². The summed E-state index contributed by atoms with van der Waals surface area (Å²) in [5.41, 5.74) is -1.85. The van der Waals surface area contributed by atoms with Gasteiger partial charge in [0.1, 0.15) is 11.6 Å². The van der Waals surface area contributed by atoms with Gasteiger partial charge in [0, 0.05) is 6.07 Å². The number of alkyl halides is 3. The molecule has 0 aromatic heterocycles. The molecule has 0 aliphatic heterocycles. The second kappa shape index (κ2) is 6.14. The van der Waals surface area contributed by atoms with Crippen molar-refractivity contribution in [2.75, 3.05) is 0 Å². The van der Waals surface area contributed by atoms with Crippen molar-refractivity contribution in [3.63, 3.8) is 0 Å². The molecule has 0 saturated heterocycles. The van der Waals surface area contributed by atoms with Crippen molar-refractivity contribution in [3.05, 3.63) is 63.4 Å². The van der Waals surface area contributed by atoms with Gasteiger partial charge in [-0.15, -0.1) is 0 Å². The summed E-state index contributed by atoms with van der Waals surface area (Å²) in [6.45, 7) is 0. The molecule has 0 saturated carbocycles. The summed E-state index contributed by atoms with van der Waals surface area (Å²) >= 11 is 11.4. The van der Waals surface area contributed by atoms with E-state index in [1.807, 2.05) is 0 Å². The summed E-state index contributed by atoms with van der Waals surface area (Å²) in [5.74, 6) is -2.38. The van der Waals surface area contributed by atoms with Crippen LogP contribution in [-0.2, 0) is 6.18 Å². The standard InChI is InChI=1S/C14H6Cl2F4O2/c15-11-2-1-10(6-12(11)16)22-13(21)7-3-8(14(18,19)20)5-9(17)4-7/h1-6H. The average Bonchev–Trinajstić information content (AvgIpc) is 2.41. The largest absolute Gasteiger partial charge is 0.423 e. The first-order valence-corrected chi connectivity index (χ1v) is 6.47. The van der Waals surface area contributed by atoms with Crippen molar-refractivity contribution >= 4 is 29.2 Å².